The predicted octanol–water partition coefficient (Wildman–Crippen LogP) is 7.02. The van der Waals surface area contributed by atoms with Gasteiger partial charge in [-0.3, -0.25) is 9.88 Å². The monoisotopic (exact) mass is 473 g/mol. The number of hydrogen-bond donors (Lipinski definition) is 1. The van der Waals surface area contributed by atoms with Crippen LogP contribution in [0.2, 0.25) is 0 Å². The molecule has 3 unspecified atom stereocenters. The van der Waals surface area contributed by atoms with Crippen molar-refractivity contribution in [1.29, 1.82) is 0 Å². The van der Waals surface area contributed by atoms with Gasteiger partial charge in [-0.1, -0.05) is 38.0 Å². The van der Waals surface area contributed by atoms with Gasteiger partial charge in [-0.05, 0) is 71.1 Å². The Morgan fingerprint density at radius 2 is 2.06 bits per heavy atom. The van der Waals surface area contributed by atoms with Crippen LogP contribution in [0.5, 0.6) is 11.5 Å². The highest BCUT2D eigenvalue weighted by Gasteiger charge is 2.37. The van der Waals surface area contributed by atoms with Gasteiger partial charge in [0.15, 0.2) is 8.30 Å². The zero-order valence-electron chi connectivity index (χ0n) is 21.1. The van der Waals surface area contributed by atoms with Crippen molar-refractivity contribution < 1.29 is 18.8 Å². The number of allylic oxidation sites excluding steroid dienone is 3. The molecule has 1 aliphatic carbocycles. The highest BCUT2D eigenvalue weighted by Crippen LogP contribution is 2.53. The van der Waals surface area contributed by atoms with Crippen molar-refractivity contribution in [2.75, 3.05) is 6.66 Å². The van der Waals surface area contributed by atoms with Crippen LogP contribution in [0.3, 0.4) is 0 Å². The van der Waals surface area contributed by atoms with Gasteiger partial charge in [0, 0.05) is 24.1 Å². The second-order valence-corrected chi connectivity index (χ2v) is 11.1. The Bertz CT molecular complexity index is 894. The molecule has 6 heteroatoms. The van der Waals surface area contributed by atoms with Crippen LogP contribution in [0, 0.1) is 5.92 Å². The zero-order valence-corrected chi connectivity index (χ0v) is 22.0. The Kier molecular flexibility index (Phi) is 9.01. The first-order valence-corrected chi connectivity index (χ1v) is 14.0. The molecular weight excluding hydrogens is 433 g/mol. The minimum absolute atomic E-state index is 0.138. The van der Waals surface area contributed by atoms with Crippen molar-refractivity contribution in [3.8, 4) is 11.5 Å². The maximum absolute atomic E-state index is 12.3. The summed E-state index contributed by atoms with van der Waals surface area (Å²) >= 11 is 0. The zero-order chi connectivity index (χ0) is 24.1. The number of carbonyl (C=O) groups excluding carboxylic acids is 1. The lowest BCUT2D eigenvalue weighted by molar-refractivity contribution is -0.148. The Morgan fingerprint density at radius 3 is 2.76 bits per heavy atom. The first kappa shape index (κ1) is 25.8. The van der Waals surface area contributed by atoms with E-state index in [0.29, 0.717) is 0 Å². The molecule has 0 saturated carbocycles. The number of nitrogens with one attached hydrogen (secondary N) is 1. The Balaban J connectivity index is 1.89. The third-order valence-corrected chi connectivity index (χ3v) is 7.51. The van der Waals surface area contributed by atoms with E-state index in [0.717, 1.165) is 48.5 Å². The van der Waals surface area contributed by atoms with Crippen molar-refractivity contribution in [2.45, 2.75) is 91.2 Å². The lowest BCUT2D eigenvalue weighted by atomic mass is 9.74. The van der Waals surface area contributed by atoms with Crippen molar-refractivity contribution in [2.24, 2.45) is 5.92 Å². The highest BCUT2D eigenvalue weighted by atomic mass is 31.2. The van der Waals surface area contributed by atoms with Crippen LogP contribution in [0.25, 0.3) is 0 Å². The predicted molar refractivity (Wildman–Crippen MR) is 136 cm³/mol. The van der Waals surface area contributed by atoms with Gasteiger partial charge in [0.05, 0.1) is 6.10 Å². The fourth-order valence-corrected chi connectivity index (χ4v) is 5.78. The number of esters is 1. The third-order valence-electron chi connectivity index (χ3n) is 6.28. The van der Waals surface area contributed by atoms with Gasteiger partial charge in [-0.2, -0.15) is 0 Å². The van der Waals surface area contributed by atoms with Crippen molar-refractivity contribution >= 4 is 14.3 Å². The Labute approximate surface area is 200 Å². The molecule has 1 aromatic rings. The number of benzene rings is 1. The molecule has 0 fully saturated rings. The van der Waals surface area contributed by atoms with Gasteiger partial charge >= 0.3 is 5.97 Å². The van der Waals surface area contributed by atoms with Gasteiger partial charge in [0.25, 0.3) is 0 Å². The topological polar surface area (TPSA) is 56.8 Å². The molecule has 0 spiro atoms. The third kappa shape index (κ3) is 6.61. The normalized spacial score (nSPS) is 21.4. The molecule has 33 heavy (non-hydrogen) atoms. The van der Waals surface area contributed by atoms with Crippen LogP contribution in [-0.4, -0.2) is 24.8 Å². The summed E-state index contributed by atoms with van der Waals surface area (Å²) in [7, 11) is -1.09. The van der Waals surface area contributed by atoms with E-state index in [2.05, 4.69) is 43.7 Å². The largest absolute Gasteiger partial charge is 0.462 e. The second-order valence-electron chi connectivity index (χ2n) is 9.64. The molecule has 182 valence electrons. The van der Waals surface area contributed by atoms with E-state index in [1.807, 2.05) is 27.4 Å². The minimum atomic E-state index is -1.09. The molecular formula is C27H40NO4P. The Hall–Kier alpha value is -1.84. The van der Waals surface area contributed by atoms with Gasteiger partial charge in [-0.25, -0.2) is 0 Å². The lowest BCUT2D eigenvalue weighted by Gasteiger charge is -2.38. The van der Waals surface area contributed by atoms with E-state index in [1.54, 1.807) is 0 Å². The molecule has 4 atom stereocenters. The number of aryl methyl sites for hydroxylation is 1. The summed E-state index contributed by atoms with van der Waals surface area (Å²) < 4.78 is 18.1. The van der Waals surface area contributed by atoms with Crippen molar-refractivity contribution in [3.63, 3.8) is 0 Å². The van der Waals surface area contributed by atoms with Gasteiger partial charge in [0.1, 0.15) is 23.3 Å². The maximum atomic E-state index is 12.3. The Morgan fingerprint density at radius 1 is 1.30 bits per heavy atom. The molecule has 0 aromatic heterocycles. The summed E-state index contributed by atoms with van der Waals surface area (Å²) in [5.74, 6) is 2.80. The highest BCUT2D eigenvalue weighted by molar-refractivity contribution is 7.49. The average molecular weight is 474 g/mol. The number of hydrogen-bond acceptors (Lipinski definition) is 5. The van der Waals surface area contributed by atoms with E-state index in [4.69, 9.17) is 14.0 Å². The number of carbonyl (C=O) groups is 1. The molecule has 1 aliphatic heterocycles. The summed E-state index contributed by atoms with van der Waals surface area (Å²) in [4.78, 5) is 12.3. The van der Waals surface area contributed by atoms with E-state index in [9.17, 15) is 4.79 Å². The first-order chi connectivity index (χ1) is 15.7. The molecule has 0 saturated heterocycles. The van der Waals surface area contributed by atoms with Gasteiger partial charge < -0.3 is 14.0 Å². The van der Waals surface area contributed by atoms with Gasteiger partial charge in [-0.15, -0.1) is 0 Å². The number of unbranched alkanes of at least 4 members (excludes halogenated alkanes) is 2. The van der Waals surface area contributed by atoms with E-state index >= 15 is 0 Å². The molecule has 1 N–H and O–H groups in total. The van der Waals surface area contributed by atoms with Crippen molar-refractivity contribution in [1.82, 2.24) is 5.09 Å². The molecule has 2 aliphatic rings. The summed E-state index contributed by atoms with van der Waals surface area (Å²) in [5, 5.41) is 3.30. The standard InChI is InChI=1S/C27H40NO4P/c1-8-9-10-11-21-15-24-26(23-14-18(4)12-13-22(23)20(6)31-24)25(16-21)32-33(7)28-19(5)27(29)30-17(2)3/h14-17,19,22-23,28H,6,8-13H2,1-5,7H3/t19-,22?,23?,33?/m0/s1. The summed E-state index contributed by atoms with van der Waals surface area (Å²) in [6.07, 6.45) is 8.84. The minimum Gasteiger partial charge on any atom is -0.462 e. The molecule has 0 amide bonds. The molecule has 5 nitrogen and oxygen atoms in total. The molecule has 1 heterocycles. The fraction of sp³-hybridized carbons (Fsp3) is 0.593. The number of fused-ring (bicyclic) bond motifs is 3. The van der Waals surface area contributed by atoms with Crippen LogP contribution >= 0.6 is 8.30 Å². The quantitative estimate of drug-likeness (QED) is 0.171. The lowest BCUT2D eigenvalue weighted by Crippen LogP contribution is -2.34. The molecule has 3 rings (SSSR count). The number of ether oxygens (including phenoxy) is 2. The van der Waals surface area contributed by atoms with Crippen molar-refractivity contribution in [3.05, 3.63) is 47.2 Å². The van der Waals surface area contributed by atoms with Crippen LogP contribution < -0.4 is 14.3 Å². The first-order valence-electron chi connectivity index (χ1n) is 12.3. The van der Waals surface area contributed by atoms with E-state index < -0.39 is 14.3 Å². The van der Waals surface area contributed by atoms with E-state index in [1.165, 1.54) is 24.0 Å². The van der Waals surface area contributed by atoms with Crippen LogP contribution in [0.1, 0.15) is 83.8 Å². The van der Waals surface area contributed by atoms with Gasteiger partial charge in [0.2, 0.25) is 0 Å². The van der Waals surface area contributed by atoms with E-state index in [-0.39, 0.29) is 23.9 Å². The SMILES string of the molecule is C=C1Oc2cc(CCCCC)cc(OP(C)N[C@@H](C)C(=O)OC(C)C)c2C2C=C(C)CCC12. The molecule has 1 aromatic carbocycles. The van der Waals surface area contributed by atoms with Crippen LogP contribution in [0.4, 0.5) is 0 Å². The van der Waals surface area contributed by atoms with Crippen LogP contribution in [-0.2, 0) is 16.0 Å². The second kappa shape index (κ2) is 11.5. The molecule has 0 bridgehead atoms. The number of rotatable bonds is 10. The van der Waals surface area contributed by atoms with Crippen LogP contribution in [0.15, 0.2) is 36.1 Å². The summed E-state index contributed by atoms with van der Waals surface area (Å²) in [6, 6.07) is 3.91. The summed E-state index contributed by atoms with van der Waals surface area (Å²) in [6.45, 7) is 16.2. The maximum Gasteiger partial charge on any atom is 0.323 e. The smallest absolute Gasteiger partial charge is 0.323 e. The summed E-state index contributed by atoms with van der Waals surface area (Å²) in [5.41, 5.74) is 3.73. The fourth-order valence-electron chi connectivity index (χ4n) is 4.63. The average Bonchev–Trinajstić information content (AvgIpc) is 2.72. The molecule has 0 radical (unpaired) electrons.